The monoisotopic (exact) mass is 683 g/mol. The first-order chi connectivity index (χ1) is 17.8. The molecule has 176 valence electrons. The van der Waals surface area contributed by atoms with Crippen molar-refractivity contribution in [3.8, 4) is 17.7 Å². The predicted octanol–water partition coefficient (Wildman–Crippen LogP) is 5.62. The van der Waals surface area contributed by atoms with Gasteiger partial charge < -0.3 is 0 Å². The minimum atomic E-state index is -2.26. The van der Waals surface area contributed by atoms with Gasteiger partial charge in [0.15, 0.2) is 0 Å². The molecule has 6 aromatic rings. The molecule has 0 aliphatic carbocycles. The Morgan fingerprint density at radius 2 is 0.972 bits per heavy atom. The van der Waals surface area contributed by atoms with Gasteiger partial charge in [0.2, 0.25) is 0 Å². The topological polar surface area (TPSA) is 9.23 Å². The Kier molecular flexibility index (Phi) is 7.59. The molecule has 0 amide bonds. The molecule has 0 aliphatic rings. The molecule has 0 aliphatic heterocycles. The van der Waals surface area contributed by atoms with E-state index < -0.39 is 7.49 Å². The van der Waals surface area contributed by atoms with Gasteiger partial charge in [-0.2, -0.15) is 0 Å². The standard InChI is InChI=1S/C31H24OPSe3/c1-4-11-24(12-5-1)33(25-13-6-2-7-14-25,26-15-8-3-9-16-26)32-23-27-18-19-30(35-27)31-21-20-29(36-31)28-17-10-22-34-28/h1-22H,23H2/q+1. The normalized spacial score (nSPS) is 11.6. The average molecular weight is 680 g/mol. The van der Waals surface area contributed by atoms with Gasteiger partial charge in [-0.05, 0) is 0 Å². The summed E-state index contributed by atoms with van der Waals surface area (Å²) in [5, 5.41) is 3.79. The third kappa shape index (κ3) is 4.94. The Morgan fingerprint density at radius 1 is 0.472 bits per heavy atom. The molecule has 0 radical (unpaired) electrons. The van der Waals surface area contributed by atoms with Crippen molar-refractivity contribution in [1.82, 2.24) is 0 Å². The minimum absolute atomic E-state index is 0.310. The fourth-order valence-electron chi connectivity index (χ4n) is 4.35. The van der Waals surface area contributed by atoms with Crippen molar-refractivity contribution < 1.29 is 4.52 Å². The molecule has 6 rings (SSSR count). The van der Waals surface area contributed by atoms with E-state index in [0.29, 0.717) is 50.1 Å². The molecule has 0 spiro atoms. The second-order valence-electron chi connectivity index (χ2n) is 8.30. The van der Waals surface area contributed by atoms with Crippen molar-refractivity contribution in [1.29, 1.82) is 0 Å². The summed E-state index contributed by atoms with van der Waals surface area (Å²) in [7, 11) is -2.26. The maximum atomic E-state index is 7.17. The molecule has 5 heteroatoms. The Bertz CT molecular complexity index is 1420. The van der Waals surface area contributed by atoms with Gasteiger partial charge in [0.05, 0.1) is 0 Å². The molecule has 0 bridgehead atoms. The van der Waals surface area contributed by atoms with Crippen LogP contribution in [-0.2, 0) is 11.1 Å². The molecule has 0 N–H and O–H groups in total. The van der Waals surface area contributed by atoms with E-state index in [1.54, 1.807) is 13.3 Å². The zero-order chi connectivity index (χ0) is 24.2. The summed E-state index contributed by atoms with van der Waals surface area (Å²) in [5.41, 5.74) is 0. The van der Waals surface area contributed by atoms with Crippen LogP contribution in [0.1, 0.15) is 4.44 Å². The second kappa shape index (κ2) is 11.2. The molecule has 3 heterocycles. The first kappa shape index (κ1) is 24.4. The van der Waals surface area contributed by atoms with Crippen LogP contribution in [0.15, 0.2) is 132 Å². The summed E-state index contributed by atoms with van der Waals surface area (Å²) in [6, 6.07) is 46.4. The summed E-state index contributed by atoms with van der Waals surface area (Å²) in [5.74, 6) is 0. The van der Waals surface area contributed by atoms with Crippen LogP contribution in [0, 0.1) is 0 Å². The van der Waals surface area contributed by atoms with Gasteiger partial charge in [-0.1, -0.05) is 0 Å². The van der Waals surface area contributed by atoms with Crippen LogP contribution in [0.5, 0.6) is 0 Å². The first-order valence-corrected chi connectivity index (χ1v) is 18.7. The zero-order valence-corrected chi connectivity index (χ0v) is 25.5. The van der Waals surface area contributed by atoms with Crippen molar-refractivity contribution in [2.24, 2.45) is 0 Å². The Labute approximate surface area is 231 Å². The predicted molar refractivity (Wildman–Crippen MR) is 158 cm³/mol. The van der Waals surface area contributed by atoms with Crippen molar-refractivity contribution in [3.63, 3.8) is 0 Å². The van der Waals surface area contributed by atoms with Gasteiger partial charge >= 0.3 is 233 Å². The average Bonchev–Trinajstić information content (AvgIpc) is 3.73. The van der Waals surface area contributed by atoms with Gasteiger partial charge in [0.1, 0.15) is 0 Å². The number of benzene rings is 3. The third-order valence-corrected chi connectivity index (χ3v) is 17.5. The molecule has 3 aromatic carbocycles. The summed E-state index contributed by atoms with van der Waals surface area (Å²) >= 11 is 1.25. The summed E-state index contributed by atoms with van der Waals surface area (Å²) in [6.07, 6.45) is 0. The van der Waals surface area contributed by atoms with E-state index in [-0.39, 0.29) is 0 Å². The fourth-order valence-corrected chi connectivity index (χ4v) is 14.8. The van der Waals surface area contributed by atoms with Gasteiger partial charge in [-0.3, -0.25) is 0 Å². The van der Waals surface area contributed by atoms with Crippen LogP contribution in [0.4, 0.5) is 0 Å². The molecule has 0 fully saturated rings. The van der Waals surface area contributed by atoms with Crippen LogP contribution in [0.2, 0.25) is 0 Å². The second-order valence-corrected chi connectivity index (χ2v) is 18.0. The van der Waals surface area contributed by atoms with Gasteiger partial charge in [0.25, 0.3) is 0 Å². The molecular weight excluding hydrogens is 656 g/mol. The van der Waals surface area contributed by atoms with Crippen LogP contribution >= 0.6 is 7.49 Å². The Balaban J connectivity index is 1.35. The van der Waals surface area contributed by atoms with Crippen molar-refractivity contribution >= 4 is 66.9 Å². The van der Waals surface area contributed by atoms with E-state index in [0.717, 1.165) is 0 Å². The van der Waals surface area contributed by atoms with E-state index in [9.17, 15) is 0 Å². The summed E-state index contributed by atoms with van der Waals surface area (Å²) in [6.45, 7) is 0.658. The zero-order valence-electron chi connectivity index (χ0n) is 19.5. The quantitative estimate of drug-likeness (QED) is 0.150. The van der Waals surface area contributed by atoms with Crippen LogP contribution in [0.3, 0.4) is 0 Å². The van der Waals surface area contributed by atoms with Gasteiger partial charge in [-0.25, -0.2) is 0 Å². The van der Waals surface area contributed by atoms with Crippen molar-refractivity contribution in [2.75, 3.05) is 0 Å². The van der Waals surface area contributed by atoms with Gasteiger partial charge in [-0.15, -0.1) is 0 Å². The number of rotatable bonds is 8. The van der Waals surface area contributed by atoms with Crippen LogP contribution in [0.25, 0.3) is 17.7 Å². The van der Waals surface area contributed by atoms with Crippen molar-refractivity contribution in [2.45, 2.75) is 6.61 Å². The molecule has 1 nitrogen and oxygen atoms in total. The molecular formula is C31H24OPSe3+. The molecule has 0 unspecified atom stereocenters. The Hall–Kier alpha value is -1.95. The molecule has 3 aromatic heterocycles. The maximum absolute atomic E-state index is 7.17. The SMILES string of the molecule is c1ccc([P+](OCc2ccc(-c3ccc(-c4ccc[se]4)[se]3)[se]2)(c2ccccc2)c2ccccc2)cc1. The summed E-state index contributed by atoms with van der Waals surface area (Å²) < 4.78 is 14.8. The van der Waals surface area contributed by atoms with Crippen molar-refractivity contribution in [3.05, 3.63) is 137 Å². The fraction of sp³-hybridized carbons (Fsp3) is 0.0323. The molecule has 36 heavy (non-hydrogen) atoms. The van der Waals surface area contributed by atoms with E-state index >= 15 is 0 Å². The molecule has 0 saturated heterocycles. The van der Waals surface area contributed by atoms with Crippen LogP contribution in [-0.4, -0.2) is 43.5 Å². The van der Waals surface area contributed by atoms with E-state index in [4.69, 9.17) is 4.52 Å². The van der Waals surface area contributed by atoms with E-state index in [2.05, 4.69) is 132 Å². The van der Waals surface area contributed by atoms with Crippen LogP contribution < -0.4 is 15.9 Å². The molecule has 0 atom stereocenters. The molecule has 0 saturated carbocycles. The Morgan fingerprint density at radius 3 is 1.50 bits per heavy atom. The van der Waals surface area contributed by atoms with Gasteiger partial charge in [0, 0.05) is 0 Å². The number of hydrogen-bond donors (Lipinski definition) is 0. The first-order valence-electron chi connectivity index (χ1n) is 11.8. The summed E-state index contributed by atoms with van der Waals surface area (Å²) in [4.78, 5) is 2.31. The van der Waals surface area contributed by atoms with E-state index in [1.807, 2.05) is 0 Å². The number of hydrogen-bond acceptors (Lipinski definition) is 1. The third-order valence-electron chi connectivity index (χ3n) is 6.03. The van der Waals surface area contributed by atoms with E-state index in [1.165, 1.54) is 24.8 Å².